The van der Waals surface area contributed by atoms with Crippen molar-refractivity contribution in [3.63, 3.8) is 0 Å². The van der Waals surface area contributed by atoms with Gasteiger partial charge in [-0.1, -0.05) is 50.9 Å². The molecule has 6 nitrogen and oxygen atoms in total. The highest BCUT2D eigenvalue weighted by atomic mass is 16.5. The minimum absolute atomic E-state index is 0.0738. The first-order valence-electron chi connectivity index (χ1n) is 9.29. The largest absolute Gasteiger partial charge is 0.352 e. The van der Waals surface area contributed by atoms with Gasteiger partial charge in [0.15, 0.2) is 5.82 Å². The van der Waals surface area contributed by atoms with Gasteiger partial charge in [-0.2, -0.15) is 4.98 Å². The van der Waals surface area contributed by atoms with E-state index in [-0.39, 0.29) is 11.3 Å². The van der Waals surface area contributed by atoms with Crippen molar-refractivity contribution in [3.05, 3.63) is 47.1 Å². The standard InChI is InChI=1S/C20H28N4O2/c1-19(2,3)15-8-6-14(7-9-15)17(25)22-13-10-16-23-18(24-26-16)20(21)11-4-5-12-20/h6-9H,4-5,10-13,21H2,1-3H3,(H,22,25). The van der Waals surface area contributed by atoms with Gasteiger partial charge in [-0.25, -0.2) is 0 Å². The average molecular weight is 356 g/mol. The average Bonchev–Trinajstić information content (AvgIpc) is 3.24. The van der Waals surface area contributed by atoms with Gasteiger partial charge in [0.2, 0.25) is 5.89 Å². The lowest BCUT2D eigenvalue weighted by Gasteiger charge is -2.19. The number of amides is 1. The third-order valence-corrected chi connectivity index (χ3v) is 5.05. The maximum atomic E-state index is 12.3. The zero-order valence-electron chi connectivity index (χ0n) is 15.8. The lowest BCUT2D eigenvalue weighted by Crippen LogP contribution is -2.34. The number of nitrogens with two attached hydrogens (primary N) is 1. The van der Waals surface area contributed by atoms with Crippen LogP contribution < -0.4 is 11.1 Å². The minimum Gasteiger partial charge on any atom is -0.352 e. The molecule has 2 aromatic rings. The second-order valence-electron chi connectivity index (χ2n) is 8.21. The molecule has 1 amide bonds. The fourth-order valence-electron chi connectivity index (χ4n) is 3.29. The molecule has 1 heterocycles. The molecule has 1 aliphatic carbocycles. The van der Waals surface area contributed by atoms with E-state index < -0.39 is 5.54 Å². The molecule has 1 fully saturated rings. The molecule has 1 aromatic heterocycles. The van der Waals surface area contributed by atoms with Crippen LogP contribution in [0.1, 0.15) is 74.1 Å². The van der Waals surface area contributed by atoms with E-state index >= 15 is 0 Å². The number of rotatable bonds is 5. The molecular formula is C20H28N4O2. The van der Waals surface area contributed by atoms with Crippen LogP contribution in [0.3, 0.4) is 0 Å². The van der Waals surface area contributed by atoms with E-state index in [1.165, 1.54) is 5.56 Å². The number of nitrogens with zero attached hydrogens (tertiary/aromatic N) is 2. The Bertz CT molecular complexity index is 753. The molecule has 1 saturated carbocycles. The fraction of sp³-hybridized carbons (Fsp3) is 0.550. The number of carbonyl (C=O) groups excluding carboxylic acids is 1. The first-order valence-corrected chi connectivity index (χ1v) is 9.29. The molecule has 0 radical (unpaired) electrons. The van der Waals surface area contributed by atoms with Crippen LogP contribution in [0.15, 0.2) is 28.8 Å². The topological polar surface area (TPSA) is 94.0 Å². The zero-order valence-corrected chi connectivity index (χ0v) is 15.8. The van der Waals surface area contributed by atoms with Crippen LogP contribution in [0.2, 0.25) is 0 Å². The maximum Gasteiger partial charge on any atom is 0.251 e. The Morgan fingerprint density at radius 3 is 2.50 bits per heavy atom. The monoisotopic (exact) mass is 356 g/mol. The van der Waals surface area contributed by atoms with Crippen molar-refractivity contribution >= 4 is 5.91 Å². The molecule has 0 unspecified atom stereocenters. The van der Waals surface area contributed by atoms with Crippen molar-refractivity contribution < 1.29 is 9.32 Å². The summed E-state index contributed by atoms with van der Waals surface area (Å²) in [6.45, 7) is 6.90. The second-order valence-corrected chi connectivity index (χ2v) is 8.21. The first-order chi connectivity index (χ1) is 12.3. The van der Waals surface area contributed by atoms with Crippen molar-refractivity contribution in [1.29, 1.82) is 0 Å². The van der Waals surface area contributed by atoms with Crippen molar-refractivity contribution in [2.75, 3.05) is 6.54 Å². The van der Waals surface area contributed by atoms with E-state index in [2.05, 4.69) is 36.2 Å². The third-order valence-electron chi connectivity index (χ3n) is 5.05. The van der Waals surface area contributed by atoms with E-state index in [0.29, 0.717) is 30.2 Å². The Morgan fingerprint density at radius 1 is 1.23 bits per heavy atom. The van der Waals surface area contributed by atoms with Crippen LogP contribution in [0.5, 0.6) is 0 Å². The molecule has 3 rings (SSSR count). The van der Waals surface area contributed by atoms with Gasteiger partial charge in [0.25, 0.3) is 5.91 Å². The highest BCUT2D eigenvalue weighted by Crippen LogP contribution is 2.34. The number of hydrogen-bond acceptors (Lipinski definition) is 5. The molecule has 0 atom stereocenters. The normalized spacial score (nSPS) is 16.6. The summed E-state index contributed by atoms with van der Waals surface area (Å²) < 4.78 is 5.29. The van der Waals surface area contributed by atoms with E-state index in [1.807, 2.05) is 24.3 Å². The Morgan fingerprint density at radius 2 is 1.88 bits per heavy atom. The predicted molar refractivity (Wildman–Crippen MR) is 99.8 cm³/mol. The summed E-state index contributed by atoms with van der Waals surface area (Å²) in [4.78, 5) is 16.7. The number of aromatic nitrogens is 2. The van der Waals surface area contributed by atoms with Gasteiger partial charge in [0.1, 0.15) is 0 Å². The zero-order chi connectivity index (χ0) is 18.8. The molecule has 1 aliphatic rings. The van der Waals surface area contributed by atoms with E-state index in [9.17, 15) is 4.79 Å². The van der Waals surface area contributed by atoms with Gasteiger partial charge in [-0.3, -0.25) is 4.79 Å². The lowest BCUT2D eigenvalue weighted by molar-refractivity contribution is 0.0953. The molecular weight excluding hydrogens is 328 g/mol. The number of benzene rings is 1. The Labute approximate surface area is 154 Å². The van der Waals surface area contributed by atoms with Crippen LogP contribution in [0, 0.1) is 0 Å². The summed E-state index contributed by atoms with van der Waals surface area (Å²) in [5.41, 5.74) is 7.82. The van der Waals surface area contributed by atoms with Crippen LogP contribution in [-0.4, -0.2) is 22.6 Å². The van der Waals surface area contributed by atoms with Crippen molar-refractivity contribution in [1.82, 2.24) is 15.5 Å². The SMILES string of the molecule is CC(C)(C)c1ccc(C(=O)NCCc2nc(C3(N)CCCC3)no2)cc1. The Kier molecular flexibility index (Phi) is 5.14. The van der Waals surface area contributed by atoms with Crippen molar-refractivity contribution in [3.8, 4) is 0 Å². The fourth-order valence-corrected chi connectivity index (χ4v) is 3.29. The minimum atomic E-state index is -0.445. The lowest BCUT2D eigenvalue weighted by atomic mass is 9.87. The molecule has 3 N–H and O–H groups in total. The molecule has 0 aliphatic heterocycles. The van der Waals surface area contributed by atoms with Gasteiger partial charge in [0.05, 0.1) is 5.54 Å². The molecule has 0 spiro atoms. The molecule has 1 aromatic carbocycles. The summed E-state index contributed by atoms with van der Waals surface area (Å²) in [5.74, 6) is 1.01. The van der Waals surface area contributed by atoms with Crippen LogP contribution >= 0.6 is 0 Å². The van der Waals surface area contributed by atoms with E-state index in [0.717, 1.165) is 25.7 Å². The van der Waals surface area contributed by atoms with Crippen molar-refractivity contribution in [2.45, 2.75) is 63.8 Å². The quantitative estimate of drug-likeness (QED) is 0.858. The van der Waals surface area contributed by atoms with E-state index in [4.69, 9.17) is 10.3 Å². The Balaban J connectivity index is 1.52. The molecule has 26 heavy (non-hydrogen) atoms. The first kappa shape index (κ1) is 18.6. The number of nitrogens with one attached hydrogen (secondary N) is 1. The smallest absolute Gasteiger partial charge is 0.251 e. The molecule has 0 bridgehead atoms. The Hall–Kier alpha value is -2.21. The van der Waals surface area contributed by atoms with Crippen LogP contribution in [0.25, 0.3) is 0 Å². The maximum absolute atomic E-state index is 12.3. The highest BCUT2D eigenvalue weighted by Gasteiger charge is 2.35. The summed E-state index contributed by atoms with van der Waals surface area (Å²) in [5, 5.41) is 6.93. The van der Waals surface area contributed by atoms with Crippen LogP contribution in [-0.2, 0) is 17.4 Å². The van der Waals surface area contributed by atoms with Gasteiger partial charge < -0.3 is 15.6 Å². The van der Waals surface area contributed by atoms with Crippen LogP contribution in [0.4, 0.5) is 0 Å². The van der Waals surface area contributed by atoms with Gasteiger partial charge in [-0.15, -0.1) is 0 Å². The predicted octanol–water partition coefficient (Wildman–Crippen LogP) is 3.07. The number of hydrogen-bond donors (Lipinski definition) is 2. The number of carbonyl (C=O) groups is 1. The second kappa shape index (κ2) is 7.19. The molecule has 140 valence electrons. The highest BCUT2D eigenvalue weighted by molar-refractivity contribution is 5.94. The van der Waals surface area contributed by atoms with Crippen molar-refractivity contribution in [2.24, 2.45) is 5.73 Å². The van der Waals surface area contributed by atoms with Gasteiger partial charge in [0, 0.05) is 18.5 Å². The van der Waals surface area contributed by atoms with Gasteiger partial charge >= 0.3 is 0 Å². The van der Waals surface area contributed by atoms with E-state index in [1.54, 1.807) is 0 Å². The third kappa shape index (κ3) is 4.12. The summed E-state index contributed by atoms with van der Waals surface area (Å²) in [6.07, 6.45) is 4.49. The summed E-state index contributed by atoms with van der Waals surface area (Å²) in [7, 11) is 0. The molecule has 0 saturated heterocycles. The summed E-state index contributed by atoms with van der Waals surface area (Å²) in [6, 6.07) is 7.72. The van der Waals surface area contributed by atoms with Gasteiger partial charge in [-0.05, 0) is 36.0 Å². The summed E-state index contributed by atoms with van der Waals surface area (Å²) >= 11 is 0. The molecule has 6 heteroatoms.